The van der Waals surface area contributed by atoms with Gasteiger partial charge >= 0.3 is 11.9 Å². The number of ether oxygens (including phenoxy) is 1. The zero-order valence-corrected chi connectivity index (χ0v) is 32.4. The molecule has 0 bridgehead atoms. The van der Waals surface area contributed by atoms with Gasteiger partial charge in [-0.1, -0.05) is 65.3 Å². The second-order valence-electron chi connectivity index (χ2n) is 19.7. The van der Waals surface area contributed by atoms with Crippen molar-refractivity contribution in [3.05, 3.63) is 47.0 Å². The lowest BCUT2D eigenvalue weighted by Crippen LogP contribution is -2.64. The summed E-state index contributed by atoms with van der Waals surface area (Å²) in [5.41, 5.74) is 2.23. The number of aliphatic carboxylic acids is 1. The van der Waals surface area contributed by atoms with E-state index >= 15 is 0 Å². The van der Waals surface area contributed by atoms with Crippen LogP contribution in [0.2, 0.25) is 0 Å². The summed E-state index contributed by atoms with van der Waals surface area (Å²) in [6, 6.07) is 9.40. The van der Waals surface area contributed by atoms with E-state index in [1.54, 1.807) is 13.8 Å². The molecule has 278 valence electrons. The summed E-state index contributed by atoms with van der Waals surface area (Å²) < 4.78 is 6.20. The van der Waals surface area contributed by atoms with Gasteiger partial charge in [0.15, 0.2) is 5.78 Å². The highest BCUT2D eigenvalue weighted by atomic mass is 16.5. The van der Waals surface area contributed by atoms with E-state index < -0.39 is 17.4 Å². The molecular formula is C44H61NO6. The molecule has 1 unspecified atom stereocenters. The summed E-state index contributed by atoms with van der Waals surface area (Å²) in [4.78, 5) is 51.8. The van der Waals surface area contributed by atoms with E-state index in [9.17, 15) is 24.3 Å². The van der Waals surface area contributed by atoms with Crippen LogP contribution < -0.4 is 5.32 Å². The van der Waals surface area contributed by atoms with Crippen molar-refractivity contribution in [1.29, 1.82) is 0 Å². The fourth-order valence-corrected chi connectivity index (χ4v) is 13.8. The van der Waals surface area contributed by atoms with Crippen LogP contribution in [-0.4, -0.2) is 41.4 Å². The van der Waals surface area contributed by atoms with Crippen molar-refractivity contribution in [2.75, 3.05) is 6.54 Å². The molecule has 0 aliphatic heterocycles. The van der Waals surface area contributed by atoms with Crippen LogP contribution in [0.5, 0.6) is 0 Å². The number of hydrogen-bond donors (Lipinski definition) is 2. The molecule has 5 fully saturated rings. The Morgan fingerprint density at radius 3 is 2.25 bits per heavy atom. The number of amides is 1. The number of ketones is 1. The number of Topliss-reactive ketones (excluding diaryl/α,β-unsaturated/α-hetero) is 1. The molecule has 5 saturated carbocycles. The SMILES string of the molecule is CC(C)C1=C2[C@H]3CC[C@@H]4[C@@]5(C)CC[C@H](OC(=O)CC(C)(C)C(=O)O)C6(C)C[C@]65CC[C@@]4(C)[C@]3(C)CC[C@@]2(CCNC(=O)c2ccccc2)CC1=O. The van der Waals surface area contributed by atoms with Crippen molar-refractivity contribution in [3.63, 3.8) is 0 Å². The molecule has 0 aromatic heterocycles. The van der Waals surface area contributed by atoms with E-state index in [2.05, 4.69) is 46.9 Å². The lowest BCUT2D eigenvalue weighted by atomic mass is 9.33. The van der Waals surface area contributed by atoms with Crippen molar-refractivity contribution in [2.45, 2.75) is 139 Å². The Bertz CT molecular complexity index is 1680. The number of benzene rings is 1. The van der Waals surface area contributed by atoms with Crippen LogP contribution in [0.4, 0.5) is 0 Å². The Morgan fingerprint density at radius 2 is 1.59 bits per heavy atom. The summed E-state index contributed by atoms with van der Waals surface area (Å²) in [6.07, 6.45) is 10.6. The average molecular weight is 700 g/mol. The van der Waals surface area contributed by atoms with Crippen LogP contribution in [0.1, 0.15) is 143 Å². The first-order valence-electron chi connectivity index (χ1n) is 19.8. The largest absolute Gasteiger partial charge is 0.481 e. The van der Waals surface area contributed by atoms with Crippen LogP contribution in [-0.2, 0) is 19.1 Å². The van der Waals surface area contributed by atoms with Gasteiger partial charge in [0.1, 0.15) is 6.10 Å². The standard InChI is InChI=1S/C44H61NO6/c1-27(2)34-30(46)24-43(22-23-45-36(48)28-12-10-9-11-13-28)20-18-39(5)29(35(34)43)14-15-31-40(39,6)19-21-44-26-42(44,8)32(16-17-41(31,44)7)51-33(47)25-38(3,4)37(49)50/h9-13,27,29,31-32H,14-26H2,1-8H3,(H,45,48)(H,49,50)/t29-,31+,32+,39-,40-,41-,42?,43-,44+/m1/s1. The summed E-state index contributed by atoms with van der Waals surface area (Å²) in [5.74, 6) is -0.00771. The number of allylic oxidation sites excluding steroid dienone is 2. The quantitative estimate of drug-likeness (QED) is 0.249. The molecule has 0 radical (unpaired) electrons. The van der Waals surface area contributed by atoms with E-state index in [4.69, 9.17) is 4.74 Å². The zero-order valence-electron chi connectivity index (χ0n) is 32.4. The van der Waals surface area contributed by atoms with Crippen LogP contribution >= 0.6 is 0 Å². The zero-order chi connectivity index (χ0) is 37.0. The second kappa shape index (κ2) is 11.8. The molecule has 7 rings (SSSR count). The highest BCUT2D eigenvalue weighted by Crippen LogP contribution is 2.87. The van der Waals surface area contributed by atoms with Gasteiger partial charge in [-0.25, -0.2) is 0 Å². The number of hydrogen-bond acceptors (Lipinski definition) is 5. The van der Waals surface area contributed by atoms with Crippen LogP contribution in [0, 0.1) is 55.7 Å². The van der Waals surface area contributed by atoms with Gasteiger partial charge in [-0.2, -0.15) is 0 Å². The third kappa shape index (κ3) is 5.01. The minimum atomic E-state index is -1.15. The molecule has 6 aliphatic carbocycles. The molecule has 1 amide bonds. The molecule has 51 heavy (non-hydrogen) atoms. The first-order valence-corrected chi connectivity index (χ1v) is 19.8. The first kappa shape index (κ1) is 36.4. The fraction of sp³-hybridized carbons (Fsp3) is 0.727. The minimum Gasteiger partial charge on any atom is -0.481 e. The van der Waals surface area contributed by atoms with Crippen LogP contribution in [0.25, 0.3) is 0 Å². The molecule has 1 aromatic carbocycles. The third-order valence-electron chi connectivity index (χ3n) is 16.9. The van der Waals surface area contributed by atoms with Crippen LogP contribution in [0.3, 0.4) is 0 Å². The van der Waals surface area contributed by atoms with Gasteiger partial charge in [-0.3, -0.25) is 19.2 Å². The number of carbonyl (C=O) groups is 4. The van der Waals surface area contributed by atoms with E-state index in [0.29, 0.717) is 36.1 Å². The van der Waals surface area contributed by atoms with Crippen molar-refractivity contribution >= 4 is 23.6 Å². The fourth-order valence-electron chi connectivity index (χ4n) is 13.8. The summed E-state index contributed by atoms with van der Waals surface area (Å²) >= 11 is 0. The average Bonchev–Trinajstić information content (AvgIpc) is 3.60. The maximum Gasteiger partial charge on any atom is 0.309 e. The van der Waals surface area contributed by atoms with Gasteiger partial charge in [0, 0.05) is 29.4 Å². The van der Waals surface area contributed by atoms with Crippen molar-refractivity contribution < 1.29 is 29.0 Å². The number of carbonyl (C=O) groups excluding carboxylic acids is 3. The molecule has 1 aromatic rings. The maximum absolute atomic E-state index is 14.0. The van der Waals surface area contributed by atoms with E-state index in [0.717, 1.165) is 69.8 Å². The molecule has 1 spiro atoms. The van der Waals surface area contributed by atoms with Gasteiger partial charge < -0.3 is 15.2 Å². The molecule has 0 heterocycles. The van der Waals surface area contributed by atoms with Gasteiger partial charge in [0.2, 0.25) is 0 Å². The van der Waals surface area contributed by atoms with E-state index in [1.165, 1.54) is 5.57 Å². The minimum absolute atomic E-state index is 0.0513. The van der Waals surface area contributed by atoms with Gasteiger partial charge in [-0.15, -0.1) is 0 Å². The molecule has 2 N–H and O–H groups in total. The Balaban J connectivity index is 1.14. The monoisotopic (exact) mass is 699 g/mol. The molecule has 0 saturated heterocycles. The third-order valence-corrected chi connectivity index (χ3v) is 16.9. The predicted octanol–water partition coefficient (Wildman–Crippen LogP) is 8.95. The highest BCUT2D eigenvalue weighted by Gasteiger charge is 2.82. The number of carboxylic acids is 1. The van der Waals surface area contributed by atoms with Crippen LogP contribution in [0.15, 0.2) is 41.5 Å². The second-order valence-corrected chi connectivity index (χ2v) is 19.7. The lowest BCUT2D eigenvalue weighted by Gasteiger charge is -2.71. The van der Waals surface area contributed by atoms with E-state index in [-0.39, 0.29) is 56.8 Å². The molecule has 9 atom stereocenters. The molecular weight excluding hydrogens is 638 g/mol. The lowest BCUT2D eigenvalue weighted by molar-refractivity contribution is -0.218. The first-order chi connectivity index (χ1) is 23.8. The number of esters is 1. The Kier molecular flexibility index (Phi) is 8.40. The predicted molar refractivity (Wildman–Crippen MR) is 197 cm³/mol. The van der Waals surface area contributed by atoms with Crippen molar-refractivity contribution in [2.24, 2.45) is 55.7 Å². The van der Waals surface area contributed by atoms with Gasteiger partial charge in [0.25, 0.3) is 5.91 Å². The van der Waals surface area contributed by atoms with Crippen molar-refractivity contribution in [3.8, 4) is 0 Å². The summed E-state index contributed by atoms with van der Waals surface area (Å²) in [5, 5.41) is 12.8. The normalized spacial score (nSPS) is 41.1. The molecule has 7 heteroatoms. The Hall–Kier alpha value is -2.96. The topological polar surface area (TPSA) is 110 Å². The maximum atomic E-state index is 14.0. The van der Waals surface area contributed by atoms with Gasteiger partial charge in [-0.05, 0) is 135 Å². The smallest absolute Gasteiger partial charge is 0.309 e. The molecule has 6 aliphatic rings. The molecule has 7 nitrogen and oxygen atoms in total. The van der Waals surface area contributed by atoms with Crippen molar-refractivity contribution in [1.82, 2.24) is 5.32 Å². The Labute approximate surface area is 305 Å². The van der Waals surface area contributed by atoms with Gasteiger partial charge in [0.05, 0.1) is 11.8 Å². The number of fused-ring (bicyclic) bond motifs is 6. The highest BCUT2D eigenvalue weighted by molar-refractivity contribution is 6.00. The number of nitrogens with one attached hydrogen (secondary N) is 1. The number of rotatable bonds is 9. The Morgan fingerprint density at radius 1 is 0.902 bits per heavy atom. The van der Waals surface area contributed by atoms with E-state index in [1.807, 2.05) is 30.3 Å². The summed E-state index contributed by atoms with van der Waals surface area (Å²) in [6.45, 7) is 18.2. The summed E-state index contributed by atoms with van der Waals surface area (Å²) in [7, 11) is 0. The number of carboxylic acid groups (broad SMARTS) is 1.